The van der Waals surface area contributed by atoms with Crippen LogP contribution in [0.5, 0.6) is 0 Å². The molecular formula is C27H39N3OS+2. The largest absolute Gasteiger partial charge is 0.378 e. The lowest BCUT2D eigenvalue weighted by Crippen LogP contribution is -3.13. The Labute approximate surface area is 198 Å². The second-order valence-corrected chi connectivity index (χ2v) is 8.74. The number of benzene rings is 1. The van der Waals surface area contributed by atoms with Crippen molar-refractivity contribution in [2.75, 3.05) is 37.5 Å². The van der Waals surface area contributed by atoms with Crippen molar-refractivity contribution >= 4 is 29.6 Å². The predicted molar refractivity (Wildman–Crippen MR) is 139 cm³/mol. The van der Waals surface area contributed by atoms with Crippen LogP contribution in [-0.4, -0.2) is 32.6 Å². The Morgan fingerprint density at radius 3 is 2.09 bits per heavy atom. The number of anilines is 1. The van der Waals surface area contributed by atoms with Crippen LogP contribution < -0.4 is 14.5 Å². The third kappa shape index (κ3) is 7.88. The number of hydrogen-bond acceptors (Lipinski definition) is 3. The summed E-state index contributed by atoms with van der Waals surface area (Å²) < 4.78 is 2.22. The lowest BCUT2D eigenvalue weighted by Gasteiger charge is -2.27. The van der Waals surface area contributed by atoms with Gasteiger partial charge in [0.25, 0.3) is 0 Å². The number of quaternary nitrogens is 1. The predicted octanol–water partition coefficient (Wildman–Crippen LogP) is 4.61. The van der Waals surface area contributed by atoms with E-state index in [1.807, 2.05) is 18.7 Å². The monoisotopic (exact) mass is 453 g/mol. The molecule has 0 amide bonds. The van der Waals surface area contributed by atoms with Gasteiger partial charge in [-0.2, -0.15) is 11.8 Å². The number of likely N-dealkylation sites (N-methyl/N-ethyl adjacent to an activating group) is 1. The highest BCUT2D eigenvalue weighted by molar-refractivity contribution is 7.98. The lowest BCUT2D eigenvalue weighted by molar-refractivity contribution is -1.08. The molecule has 0 fully saturated rings. The number of hydroxylamine groups is 2. The maximum atomic E-state index is 5.45. The second kappa shape index (κ2) is 13.8. The minimum Gasteiger partial charge on any atom is -0.378 e. The SMILES string of the molecule is C/C=C\C1=C(CC)O[NH+]1CC.CSCC[n+]1ccc(/C=C/c2ccc(N(C)C)cc2)cc1. The maximum absolute atomic E-state index is 5.45. The maximum Gasteiger partial charge on any atom is 0.231 e. The molecule has 5 heteroatoms. The van der Waals surface area contributed by atoms with Crippen molar-refractivity contribution in [3.8, 4) is 0 Å². The smallest absolute Gasteiger partial charge is 0.231 e. The van der Waals surface area contributed by atoms with Gasteiger partial charge in [0, 0.05) is 44.4 Å². The first-order valence-corrected chi connectivity index (χ1v) is 12.7. The number of aryl methyl sites for hydroxylation is 1. The molecule has 1 aromatic heterocycles. The van der Waals surface area contributed by atoms with Crippen LogP contribution in [0, 0.1) is 0 Å². The molecule has 1 N–H and O–H groups in total. The summed E-state index contributed by atoms with van der Waals surface area (Å²) in [5.41, 5.74) is 4.99. The van der Waals surface area contributed by atoms with E-state index in [-0.39, 0.29) is 0 Å². The number of allylic oxidation sites excluding steroid dienone is 3. The molecule has 0 spiro atoms. The average molecular weight is 454 g/mol. The fourth-order valence-corrected chi connectivity index (χ4v) is 3.64. The van der Waals surface area contributed by atoms with Gasteiger partial charge in [0.05, 0.1) is 5.75 Å². The van der Waals surface area contributed by atoms with Gasteiger partial charge in [0.1, 0.15) is 6.54 Å². The number of pyridine rings is 1. The van der Waals surface area contributed by atoms with Gasteiger partial charge in [0.15, 0.2) is 18.9 Å². The zero-order valence-corrected chi connectivity index (χ0v) is 21.3. The van der Waals surface area contributed by atoms with Crippen LogP contribution in [0.3, 0.4) is 0 Å². The van der Waals surface area contributed by atoms with E-state index in [2.05, 4.69) is 117 Å². The molecular weight excluding hydrogens is 414 g/mol. The van der Waals surface area contributed by atoms with Crippen LogP contribution in [0.25, 0.3) is 12.2 Å². The van der Waals surface area contributed by atoms with Crippen LogP contribution in [0.1, 0.15) is 38.3 Å². The highest BCUT2D eigenvalue weighted by Crippen LogP contribution is 2.14. The molecule has 4 nitrogen and oxygen atoms in total. The standard InChI is InChI=1S/C18H23N2S.C9H15NO/c1-19(2)18-8-6-16(7-9-18)4-5-17-10-12-20(13-11-17)14-15-21-3;1-4-7-8-9(5-2)11-10(8)6-3/h4-13H,14-15H2,1-3H3;4,7H,5-6H2,1-3H3/q+1;/p+1/b;7-4-. The van der Waals surface area contributed by atoms with E-state index < -0.39 is 0 Å². The minimum absolute atomic E-state index is 1.00. The number of rotatable bonds is 9. The first-order chi connectivity index (χ1) is 15.5. The minimum atomic E-state index is 1.00. The molecule has 3 rings (SSSR count). The Kier molecular flexibility index (Phi) is 11.1. The molecule has 1 atom stereocenters. The van der Waals surface area contributed by atoms with Gasteiger partial charge in [-0.3, -0.25) is 0 Å². The normalized spacial score (nSPS) is 15.4. The fraction of sp³-hybridized carbons (Fsp3) is 0.370. The number of hydrogen-bond donors (Lipinski definition) is 1. The third-order valence-corrected chi connectivity index (χ3v) is 5.76. The first-order valence-electron chi connectivity index (χ1n) is 11.4. The molecule has 0 saturated carbocycles. The Bertz CT molecular complexity index is 900. The van der Waals surface area contributed by atoms with E-state index in [9.17, 15) is 0 Å². The van der Waals surface area contributed by atoms with Gasteiger partial charge in [-0.15, -0.1) is 5.06 Å². The number of thioether (sulfide) groups is 1. The van der Waals surface area contributed by atoms with Gasteiger partial charge < -0.3 is 9.74 Å². The molecule has 172 valence electrons. The molecule has 1 aliphatic rings. The van der Waals surface area contributed by atoms with E-state index in [4.69, 9.17) is 4.84 Å². The van der Waals surface area contributed by atoms with E-state index in [1.54, 1.807) is 0 Å². The van der Waals surface area contributed by atoms with Gasteiger partial charge in [-0.25, -0.2) is 4.57 Å². The molecule has 1 aliphatic heterocycles. The molecule has 1 unspecified atom stereocenters. The fourth-order valence-electron chi connectivity index (χ4n) is 3.25. The summed E-state index contributed by atoms with van der Waals surface area (Å²) in [6.07, 6.45) is 15.9. The van der Waals surface area contributed by atoms with Gasteiger partial charge in [0.2, 0.25) is 11.5 Å². The zero-order chi connectivity index (χ0) is 23.3. The number of aromatic nitrogens is 1. The summed E-state index contributed by atoms with van der Waals surface area (Å²) in [7, 11) is 4.11. The zero-order valence-electron chi connectivity index (χ0n) is 20.5. The van der Waals surface area contributed by atoms with Gasteiger partial charge in [-0.1, -0.05) is 37.3 Å². The van der Waals surface area contributed by atoms with Crippen molar-refractivity contribution in [1.82, 2.24) is 0 Å². The van der Waals surface area contributed by atoms with Crippen LogP contribution in [0.2, 0.25) is 0 Å². The Morgan fingerprint density at radius 2 is 1.59 bits per heavy atom. The van der Waals surface area contributed by atoms with Crippen molar-refractivity contribution in [1.29, 1.82) is 0 Å². The molecule has 0 saturated heterocycles. The summed E-state index contributed by atoms with van der Waals surface area (Å²) in [4.78, 5) is 7.56. The summed E-state index contributed by atoms with van der Waals surface area (Å²) in [5, 5.41) is 1.14. The van der Waals surface area contributed by atoms with Crippen molar-refractivity contribution < 1.29 is 14.5 Å². The summed E-state index contributed by atoms with van der Waals surface area (Å²) in [6, 6.07) is 12.9. The summed E-state index contributed by atoms with van der Waals surface area (Å²) in [6.45, 7) is 8.34. The number of nitrogens with zero attached hydrogens (tertiary/aromatic N) is 2. The van der Waals surface area contributed by atoms with Crippen molar-refractivity contribution in [3.05, 3.63) is 83.5 Å². The average Bonchev–Trinajstić information content (AvgIpc) is 2.81. The third-order valence-electron chi connectivity index (χ3n) is 5.17. The first kappa shape index (κ1) is 25.8. The van der Waals surface area contributed by atoms with Crippen LogP contribution in [0.15, 0.2) is 72.4 Å². The summed E-state index contributed by atoms with van der Waals surface area (Å²) in [5.74, 6) is 2.29. The van der Waals surface area contributed by atoms with Crippen LogP contribution in [0.4, 0.5) is 5.69 Å². The molecule has 32 heavy (non-hydrogen) atoms. The Balaban J connectivity index is 0.000000278. The lowest BCUT2D eigenvalue weighted by atomic mass is 10.1. The van der Waals surface area contributed by atoms with Crippen LogP contribution >= 0.6 is 11.8 Å². The van der Waals surface area contributed by atoms with Crippen LogP contribution in [-0.2, 0) is 11.4 Å². The molecule has 2 aromatic rings. The Hall–Kier alpha value is -2.50. The van der Waals surface area contributed by atoms with Crippen molar-refractivity contribution in [2.45, 2.75) is 33.7 Å². The van der Waals surface area contributed by atoms with Crippen molar-refractivity contribution in [2.24, 2.45) is 0 Å². The molecule has 2 heterocycles. The van der Waals surface area contributed by atoms with Crippen molar-refractivity contribution in [3.63, 3.8) is 0 Å². The highest BCUT2D eigenvalue weighted by atomic mass is 32.2. The summed E-state index contributed by atoms with van der Waals surface area (Å²) >= 11 is 1.87. The number of nitrogens with one attached hydrogen (secondary N) is 1. The van der Waals surface area contributed by atoms with E-state index in [0.717, 1.165) is 36.1 Å². The van der Waals surface area contributed by atoms with E-state index in [1.165, 1.54) is 22.5 Å². The quantitative estimate of drug-likeness (QED) is 0.560. The van der Waals surface area contributed by atoms with Gasteiger partial charge >= 0.3 is 0 Å². The van der Waals surface area contributed by atoms with E-state index in [0.29, 0.717) is 0 Å². The molecule has 1 aromatic carbocycles. The molecule has 0 aliphatic carbocycles. The molecule has 0 bridgehead atoms. The van der Waals surface area contributed by atoms with E-state index >= 15 is 0 Å². The Morgan fingerprint density at radius 1 is 0.969 bits per heavy atom. The highest BCUT2D eigenvalue weighted by Gasteiger charge is 2.30. The van der Waals surface area contributed by atoms with Gasteiger partial charge in [-0.05, 0) is 43.4 Å². The second-order valence-electron chi connectivity index (χ2n) is 7.75. The molecule has 0 radical (unpaired) electrons. The topological polar surface area (TPSA) is 20.8 Å².